The lowest BCUT2D eigenvalue weighted by atomic mass is 10.0. The van der Waals surface area contributed by atoms with E-state index >= 15 is 0 Å². The molecule has 53 heavy (non-hydrogen) atoms. The van der Waals surface area contributed by atoms with Gasteiger partial charge in [0.1, 0.15) is 13.2 Å². The van der Waals surface area contributed by atoms with Gasteiger partial charge in [0, 0.05) is 6.42 Å². The summed E-state index contributed by atoms with van der Waals surface area (Å²) in [5, 5.41) is 13.8. The van der Waals surface area contributed by atoms with Gasteiger partial charge in [-0.05, 0) is 57.8 Å². The molecular formula is C44H86N2O6P+. The molecule has 0 bridgehead atoms. The summed E-state index contributed by atoms with van der Waals surface area (Å²) in [4.78, 5) is 23.1. The van der Waals surface area contributed by atoms with Gasteiger partial charge in [0.15, 0.2) is 0 Å². The predicted molar refractivity (Wildman–Crippen MR) is 226 cm³/mol. The van der Waals surface area contributed by atoms with E-state index in [0.717, 1.165) is 38.5 Å². The number of quaternary nitrogens is 1. The van der Waals surface area contributed by atoms with Gasteiger partial charge in [-0.15, -0.1) is 0 Å². The Morgan fingerprint density at radius 2 is 1.04 bits per heavy atom. The Labute approximate surface area is 327 Å². The molecule has 312 valence electrons. The Hall–Kier alpha value is -1.28. The highest BCUT2D eigenvalue weighted by molar-refractivity contribution is 7.47. The maximum Gasteiger partial charge on any atom is 0.472 e. The van der Waals surface area contributed by atoms with Gasteiger partial charge < -0.3 is 19.8 Å². The number of amides is 1. The third-order valence-electron chi connectivity index (χ3n) is 9.58. The second kappa shape index (κ2) is 36.4. The molecule has 0 aromatic carbocycles. The van der Waals surface area contributed by atoms with Gasteiger partial charge in [-0.2, -0.15) is 0 Å². The first-order valence-electron chi connectivity index (χ1n) is 21.9. The number of nitrogens with one attached hydrogen (secondary N) is 1. The minimum absolute atomic E-state index is 0.0557. The maximum atomic E-state index is 12.8. The van der Waals surface area contributed by atoms with Crippen molar-refractivity contribution in [3.63, 3.8) is 0 Å². The highest BCUT2D eigenvalue weighted by Gasteiger charge is 2.27. The monoisotopic (exact) mass is 770 g/mol. The van der Waals surface area contributed by atoms with Crippen molar-refractivity contribution in [2.24, 2.45) is 0 Å². The molecule has 3 atom stereocenters. The molecule has 0 saturated heterocycles. The molecule has 0 radical (unpaired) electrons. The number of hydrogen-bond acceptors (Lipinski definition) is 5. The molecule has 3 unspecified atom stereocenters. The molecule has 0 spiro atoms. The summed E-state index contributed by atoms with van der Waals surface area (Å²) < 4.78 is 23.5. The van der Waals surface area contributed by atoms with Gasteiger partial charge in [-0.25, -0.2) is 4.57 Å². The van der Waals surface area contributed by atoms with Crippen LogP contribution in [0.3, 0.4) is 0 Å². The molecule has 0 fully saturated rings. The molecule has 3 N–H and O–H groups in total. The lowest BCUT2D eigenvalue weighted by molar-refractivity contribution is -0.870. The highest BCUT2D eigenvalue weighted by Crippen LogP contribution is 2.43. The van der Waals surface area contributed by atoms with E-state index in [1.54, 1.807) is 6.08 Å². The Kier molecular flexibility index (Phi) is 35.5. The maximum absolute atomic E-state index is 12.8. The third kappa shape index (κ3) is 38.8. The molecule has 0 aromatic rings. The Morgan fingerprint density at radius 3 is 1.51 bits per heavy atom. The van der Waals surface area contributed by atoms with Gasteiger partial charge in [-0.1, -0.05) is 159 Å². The fraction of sp³-hybridized carbons (Fsp3) is 0.841. The van der Waals surface area contributed by atoms with Crippen LogP contribution in [0.2, 0.25) is 0 Å². The fourth-order valence-electron chi connectivity index (χ4n) is 6.05. The molecule has 0 aliphatic heterocycles. The molecule has 0 aliphatic rings. The van der Waals surface area contributed by atoms with Crippen LogP contribution in [0.15, 0.2) is 36.5 Å². The summed E-state index contributed by atoms with van der Waals surface area (Å²) in [6.07, 6.45) is 43.6. The number of allylic oxidation sites excluding steroid dienone is 5. The molecule has 0 heterocycles. The number of phosphoric ester groups is 1. The first-order valence-corrected chi connectivity index (χ1v) is 23.4. The number of rotatable bonds is 39. The summed E-state index contributed by atoms with van der Waals surface area (Å²) in [5.41, 5.74) is 0. The zero-order valence-electron chi connectivity index (χ0n) is 35.3. The van der Waals surface area contributed by atoms with Crippen molar-refractivity contribution in [3.05, 3.63) is 36.5 Å². The average Bonchev–Trinajstić information content (AvgIpc) is 3.10. The van der Waals surface area contributed by atoms with E-state index in [4.69, 9.17) is 9.05 Å². The van der Waals surface area contributed by atoms with Crippen LogP contribution < -0.4 is 5.32 Å². The summed E-state index contributed by atoms with van der Waals surface area (Å²) in [5.74, 6) is -0.191. The van der Waals surface area contributed by atoms with Crippen LogP contribution in [0, 0.1) is 0 Å². The lowest BCUT2D eigenvalue weighted by Gasteiger charge is -2.25. The quantitative estimate of drug-likeness (QED) is 0.0249. The summed E-state index contributed by atoms with van der Waals surface area (Å²) in [6.45, 7) is 4.76. The number of hydrogen-bond donors (Lipinski definition) is 3. The third-order valence-corrected chi connectivity index (χ3v) is 10.6. The first kappa shape index (κ1) is 51.7. The number of aliphatic hydroxyl groups excluding tert-OH is 1. The van der Waals surface area contributed by atoms with Crippen LogP contribution in [0.1, 0.15) is 187 Å². The summed E-state index contributed by atoms with van der Waals surface area (Å²) in [6, 6.07) is -0.861. The number of aliphatic hydroxyl groups is 1. The van der Waals surface area contributed by atoms with Crippen molar-refractivity contribution >= 4 is 13.7 Å². The van der Waals surface area contributed by atoms with Crippen LogP contribution in [0.25, 0.3) is 0 Å². The SMILES string of the molecule is CCCCCCCC/C=C\CCCCCCCCCCCC(=O)NC(COP(=O)(O)OCC[N+](C)(C)C)C(O)/C=C/CC/C=C/CCCCCCCC. The topological polar surface area (TPSA) is 105 Å². The molecule has 0 aliphatic carbocycles. The van der Waals surface area contributed by atoms with E-state index in [1.165, 1.54) is 128 Å². The van der Waals surface area contributed by atoms with E-state index in [0.29, 0.717) is 17.4 Å². The number of carbonyl (C=O) groups is 1. The lowest BCUT2D eigenvalue weighted by Crippen LogP contribution is -2.45. The van der Waals surface area contributed by atoms with E-state index in [9.17, 15) is 19.4 Å². The van der Waals surface area contributed by atoms with Gasteiger partial charge in [0.2, 0.25) is 5.91 Å². The van der Waals surface area contributed by atoms with E-state index in [2.05, 4.69) is 43.5 Å². The van der Waals surface area contributed by atoms with Crippen molar-refractivity contribution in [1.29, 1.82) is 0 Å². The minimum atomic E-state index is -4.34. The molecule has 0 rings (SSSR count). The van der Waals surface area contributed by atoms with E-state index < -0.39 is 20.0 Å². The second-order valence-corrected chi connectivity index (χ2v) is 17.5. The van der Waals surface area contributed by atoms with Crippen molar-refractivity contribution in [2.45, 2.75) is 199 Å². The Balaban J connectivity index is 4.41. The van der Waals surface area contributed by atoms with Gasteiger partial charge in [0.05, 0.1) is 39.9 Å². The minimum Gasteiger partial charge on any atom is -0.387 e. The van der Waals surface area contributed by atoms with Crippen LogP contribution in [0.4, 0.5) is 0 Å². The van der Waals surface area contributed by atoms with Gasteiger partial charge in [-0.3, -0.25) is 13.8 Å². The number of phosphoric acid groups is 1. The largest absolute Gasteiger partial charge is 0.472 e. The predicted octanol–water partition coefficient (Wildman–Crippen LogP) is 11.9. The van der Waals surface area contributed by atoms with Crippen molar-refractivity contribution in [3.8, 4) is 0 Å². The number of unbranched alkanes of at least 4 members (excludes halogenated alkanes) is 22. The van der Waals surface area contributed by atoms with E-state index in [1.807, 2.05) is 27.2 Å². The second-order valence-electron chi connectivity index (χ2n) is 16.1. The summed E-state index contributed by atoms with van der Waals surface area (Å²) >= 11 is 0. The molecular weight excluding hydrogens is 683 g/mol. The Morgan fingerprint density at radius 1 is 0.623 bits per heavy atom. The van der Waals surface area contributed by atoms with Crippen LogP contribution in [0.5, 0.6) is 0 Å². The fourth-order valence-corrected chi connectivity index (χ4v) is 6.79. The zero-order valence-corrected chi connectivity index (χ0v) is 36.1. The van der Waals surface area contributed by atoms with Crippen molar-refractivity contribution in [1.82, 2.24) is 5.32 Å². The summed E-state index contributed by atoms with van der Waals surface area (Å²) in [7, 11) is 1.55. The number of likely N-dealkylation sites (N-methyl/N-ethyl adjacent to an activating group) is 1. The molecule has 8 nitrogen and oxygen atoms in total. The van der Waals surface area contributed by atoms with Crippen LogP contribution in [-0.4, -0.2) is 73.4 Å². The molecule has 9 heteroatoms. The zero-order chi connectivity index (χ0) is 39.3. The van der Waals surface area contributed by atoms with Crippen LogP contribution >= 0.6 is 7.82 Å². The first-order chi connectivity index (χ1) is 25.5. The standard InChI is InChI=1S/C44H85N2O6P/c1-6-8-10-12-14-16-18-20-21-22-23-24-25-26-28-30-32-34-36-38-44(48)45-42(41-52-53(49,50)51-40-39-46(3,4)5)43(47)37-35-33-31-29-27-19-17-15-13-11-9-7-2/h20-21,27,29,35,37,42-43,47H,6-19,22-26,28,30-34,36,38-41H2,1-5H3,(H-,45,48,49,50)/p+1/b21-20-,29-27+,37-35+. The highest BCUT2D eigenvalue weighted by atomic mass is 31.2. The Bertz CT molecular complexity index is 964. The van der Waals surface area contributed by atoms with Crippen molar-refractivity contribution in [2.75, 3.05) is 40.9 Å². The average molecular weight is 770 g/mol. The van der Waals surface area contributed by atoms with Crippen LogP contribution in [-0.2, 0) is 18.4 Å². The van der Waals surface area contributed by atoms with Gasteiger partial charge >= 0.3 is 7.82 Å². The van der Waals surface area contributed by atoms with Crippen molar-refractivity contribution < 1.29 is 32.9 Å². The van der Waals surface area contributed by atoms with E-state index in [-0.39, 0.29) is 19.1 Å². The number of nitrogens with zero attached hydrogens (tertiary/aromatic N) is 1. The molecule has 0 saturated carbocycles. The smallest absolute Gasteiger partial charge is 0.387 e. The number of carbonyl (C=O) groups excluding carboxylic acids is 1. The molecule has 1 amide bonds. The normalized spacial score (nSPS) is 14.8. The molecule has 0 aromatic heterocycles. The van der Waals surface area contributed by atoms with Gasteiger partial charge in [0.25, 0.3) is 0 Å².